The molecule has 0 aromatic heterocycles. The predicted molar refractivity (Wildman–Crippen MR) is 79.6 cm³/mol. The van der Waals surface area contributed by atoms with Crippen molar-refractivity contribution in [3.63, 3.8) is 0 Å². The number of hydrogen-bond acceptors (Lipinski definition) is 3. The summed E-state index contributed by atoms with van der Waals surface area (Å²) in [6.07, 6.45) is 1.24. The first-order chi connectivity index (χ1) is 9.49. The first-order valence-corrected chi connectivity index (χ1v) is 7.83. The third-order valence-electron chi connectivity index (χ3n) is 3.10. The normalized spacial score (nSPS) is 18.3. The van der Waals surface area contributed by atoms with Crippen molar-refractivity contribution >= 4 is 46.8 Å². The monoisotopic (exact) mass is 333 g/mol. The number of carboxylic acids is 1. The van der Waals surface area contributed by atoms with Crippen LogP contribution >= 0.6 is 35.0 Å². The molecule has 0 unspecified atom stereocenters. The quantitative estimate of drug-likeness (QED) is 0.860. The van der Waals surface area contributed by atoms with Crippen LogP contribution < -0.4 is 0 Å². The van der Waals surface area contributed by atoms with Gasteiger partial charge < -0.3 is 10.0 Å². The van der Waals surface area contributed by atoms with Gasteiger partial charge in [-0.1, -0.05) is 23.2 Å². The largest absolute Gasteiger partial charge is 0.480 e. The fourth-order valence-corrected chi connectivity index (χ4v) is 3.51. The second-order valence-electron chi connectivity index (χ2n) is 4.45. The number of carboxylic acid groups (broad SMARTS) is 1. The minimum Gasteiger partial charge on any atom is -0.480 e. The molecule has 2 rings (SSSR count). The molecule has 1 N–H and O–H groups in total. The van der Waals surface area contributed by atoms with Gasteiger partial charge in [-0.2, -0.15) is 0 Å². The number of halogens is 2. The van der Waals surface area contributed by atoms with E-state index in [4.69, 9.17) is 28.3 Å². The number of nitrogens with zero attached hydrogens (tertiary/aromatic N) is 1. The fraction of sp³-hybridized carbons (Fsp3) is 0.385. The van der Waals surface area contributed by atoms with E-state index in [2.05, 4.69) is 0 Å². The summed E-state index contributed by atoms with van der Waals surface area (Å²) in [5, 5.41) is 10.1. The van der Waals surface area contributed by atoms with Crippen LogP contribution in [0.15, 0.2) is 23.1 Å². The van der Waals surface area contributed by atoms with E-state index in [1.807, 2.05) is 0 Å². The van der Waals surface area contributed by atoms with E-state index in [1.165, 1.54) is 16.7 Å². The van der Waals surface area contributed by atoms with Gasteiger partial charge in [-0.05, 0) is 31.0 Å². The summed E-state index contributed by atoms with van der Waals surface area (Å²) in [5.41, 5.74) is 0. The van der Waals surface area contributed by atoms with Crippen LogP contribution in [-0.2, 0) is 9.59 Å². The minimum absolute atomic E-state index is 0.157. The lowest BCUT2D eigenvalue weighted by molar-refractivity contribution is -0.147. The number of carbonyl (C=O) groups is 2. The highest BCUT2D eigenvalue weighted by Gasteiger charge is 2.33. The van der Waals surface area contributed by atoms with Crippen molar-refractivity contribution < 1.29 is 14.7 Å². The van der Waals surface area contributed by atoms with Crippen LogP contribution in [0.4, 0.5) is 0 Å². The van der Waals surface area contributed by atoms with Crippen LogP contribution in [0.1, 0.15) is 12.8 Å². The number of rotatable bonds is 4. The van der Waals surface area contributed by atoms with Crippen molar-refractivity contribution in [2.24, 2.45) is 0 Å². The molecular formula is C13H13Cl2NO3S. The molecule has 0 saturated carbocycles. The maximum Gasteiger partial charge on any atom is 0.326 e. The van der Waals surface area contributed by atoms with E-state index in [-0.39, 0.29) is 11.7 Å². The maximum absolute atomic E-state index is 12.1. The summed E-state index contributed by atoms with van der Waals surface area (Å²) >= 11 is 13.2. The Morgan fingerprint density at radius 1 is 1.40 bits per heavy atom. The molecule has 1 aliphatic heterocycles. The van der Waals surface area contributed by atoms with Crippen LogP contribution in [0.2, 0.25) is 10.0 Å². The van der Waals surface area contributed by atoms with Crippen molar-refractivity contribution in [1.82, 2.24) is 4.90 Å². The van der Waals surface area contributed by atoms with Gasteiger partial charge in [0.25, 0.3) is 0 Å². The first-order valence-electron chi connectivity index (χ1n) is 6.09. The van der Waals surface area contributed by atoms with Crippen LogP contribution in [0, 0.1) is 0 Å². The Labute approximate surface area is 131 Å². The lowest BCUT2D eigenvalue weighted by Crippen LogP contribution is -2.41. The molecule has 0 aliphatic carbocycles. The molecule has 1 aromatic rings. The molecule has 1 aliphatic rings. The topological polar surface area (TPSA) is 57.6 Å². The zero-order valence-corrected chi connectivity index (χ0v) is 12.8. The van der Waals surface area contributed by atoms with Gasteiger partial charge >= 0.3 is 5.97 Å². The van der Waals surface area contributed by atoms with Gasteiger partial charge in [0.2, 0.25) is 5.91 Å². The third-order valence-corrected chi connectivity index (χ3v) is 4.82. The van der Waals surface area contributed by atoms with E-state index in [1.54, 1.807) is 18.2 Å². The summed E-state index contributed by atoms with van der Waals surface area (Å²) < 4.78 is 0. The van der Waals surface area contributed by atoms with Gasteiger partial charge in [-0.25, -0.2) is 4.79 Å². The Morgan fingerprint density at radius 3 is 2.85 bits per heavy atom. The summed E-state index contributed by atoms with van der Waals surface area (Å²) in [6, 6.07) is 4.35. The average molecular weight is 334 g/mol. The second kappa shape index (κ2) is 6.70. The van der Waals surface area contributed by atoms with Crippen LogP contribution in [0.5, 0.6) is 0 Å². The average Bonchev–Trinajstić information content (AvgIpc) is 2.89. The lowest BCUT2D eigenvalue weighted by Gasteiger charge is -2.21. The molecule has 0 radical (unpaired) electrons. The van der Waals surface area contributed by atoms with Crippen LogP contribution in [0.25, 0.3) is 0 Å². The van der Waals surface area contributed by atoms with E-state index >= 15 is 0 Å². The molecule has 20 heavy (non-hydrogen) atoms. The van der Waals surface area contributed by atoms with Gasteiger partial charge in [0.1, 0.15) is 6.04 Å². The Hall–Kier alpha value is -0.910. The van der Waals surface area contributed by atoms with Crippen molar-refractivity contribution in [1.29, 1.82) is 0 Å². The van der Waals surface area contributed by atoms with Crippen molar-refractivity contribution in [2.45, 2.75) is 23.8 Å². The number of likely N-dealkylation sites (tertiary alicyclic amines) is 1. The van der Waals surface area contributed by atoms with Crippen molar-refractivity contribution in [2.75, 3.05) is 12.3 Å². The second-order valence-corrected chi connectivity index (χ2v) is 6.31. The molecule has 1 fully saturated rings. The zero-order chi connectivity index (χ0) is 14.7. The van der Waals surface area contributed by atoms with Crippen molar-refractivity contribution in [3.05, 3.63) is 28.2 Å². The molecule has 1 aromatic carbocycles. The Bertz CT molecular complexity index is 538. The Kier molecular flexibility index (Phi) is 5.18. The van der Waals surface area contributed by atoms with E-state index in [0.29, 0.717) is 23.0 Å². The molecule has 7 heteroatoms. The molecule has 4 nitrogen and oxygen atoms in total. The number of carbonyl (C=O) groups excluding carboxylic acids is 1. The van der Waals surface area contributed by atoms with E-state index in [9.17, 15) is 9.59 Å². The first kappa shape index (κ1) is 15.5. The molecule has 1 heterocycles. The molecule has 0 bridgehead atoms. The smallest absolute Gasteiger partial charge is 0.326 e. The van der Waals surface area contributed by atoms with Crippen LogP contribution in [-0.4, -0.2) is 40.2 Å². The van der Waals surface area contributed by atoms with Gasteiger partial charge in [0.05, 0.1) is 10.8 Å². The van der Waals surface area contributed by atoms with Gasteiger partial charge in [-0.3, -0.25) is 4.79 Å². The SMILES string of the molecule is O=C(O)[C@@H]1CCCN1C(=O)CSc1cc(Cl)ccc1Cl. The number of aliphatic carboxylic acids is 1. The molecular weight excluding hydrogens is 321 g/mol. The maximum atomic E-state index is 12.1. The van der Waals surface area contributed by atoms with Gasteiger partial charge in [0, 0.05) is 16.5 Å². The fourth-order valence-electron chi connectivity index (χ4n) is 2.13. The van der Waals surface area contributed by atoms with E-state index < -0.39 is 12.0 Å². The molecule has 0 spiro atoms. The molecule has 1 atom stereocenters. The summed E-state index contributed by atoms with van der Waals surface area (Å²) in [7, 11) is 0. The van der Waals surface area contributed by atoms with Gasteiger partial charge in [-0.15, -0.1) is 11.8 Å². The summed E-state index contributed by atoms with van der Waals surface area (Å²) in [4.78, 5) is 25.3. The highest BCUT2D eigenvalue weighted by molar-refractivity contribution is 8.00. The zero-order valence-electron chi connectivity index (χ0n) is 10.5. The molecule has 108 valence electrons. The highest BCUT2D eigenvalue weighted by atomic mass is 35.5. The minimum atomic E-state index is -0.943. The summed E-state index contributed by atoms with van der Waals surface area (Å²) in [6.45, 7) is 0.500. The standard InChI is InChI=1S/C13H13Cl2NO3S/c14-8-3-4-9(15)11(6-8)20-7-12(17)16-5-1-2-10(16)13(18)19/h3-4,6,10H,1-2,5,7H2,(H,18,19)/t10-/m0/s1. The molecule has 1 saturated heterocycles. The number of benzene rings is 1. The van der Waals surface area contributed by atoms with Crippen molar-refractivity contribution in [3.8, 4) is 0 Å². The number of hydrogen-bond donors (Lipinski definition) is 1. The highest BCUT2D eigenvalue weighted by Crippen LogP contribution is 2.30. The molecule has 1 amide bonds. The summed E-state index contributed by atoms with van der Waals surface area (Å²) in [5.74, 6) is -0.971. The third kappa shape index (κ3) is 3.59. The van der Waals surface area contributed by atoms with E-state index in [0.717, 1.165) is 11.3 Å². The predicted octanol–water partition coefficient (Wildman–Crippen LogP) is 3.16. The number of thioether (sulfide) groups is 1. The van der Waals surface area contributed by atoms with Gasteiger partial charge in [0.15, 0.2) is 0 Å². The van der Waals surface area contributed by atoms with Crippen LogP contribution in [0.3, 0.4) is 0 Å². The Balaban J connectivity index is 1.98. The lowest BCUT2D eigenvalue weighted by atomic mass is 10.2. The number of amides is 1. The Morgan fingerprint density at radius 2 is 2.15 bits per heavy atom.